The van der Waals surface area contributed by atoms with Crippen molar-refractivity contribution in [1.29, 1.82) is 0 Å². The summed E-state index contributed by atoms with van der Waals surface area (Å²) in [6.07, 6.45) is 4.10. The molecule has 0 radical (unpaired) electrons. The molecule has 86 valence electrons. The molecule has 1 aromatic rings. The van der Waals surface area contributed by atoms with Gasteiger partial charge in [0.2, 0.25) is 5.91 Å². The summed E-state index contributed by atoms with van der Waals surface area (Å²) >= 11 is 0. The molecule has 0 aliphatic heterocycles. The van der Waals surface area contributed by atoms with Crippen LogP contribution in [0.4, 0.5) is 0 Å². The van der Waals surface area contributed by atoms with Gasteiger partial charge in [-0.1, -0.05) is 43.7 Å². The lowest BCUT2D eigenvalue weighted by Gasteiger charge is -2.35. The van der Waals surface area contributed by atoms with Gasteiger partial charge in [0, 0.05) is 5.41 Å². The second-order valence-electron chi connectivity index (χ2n) is 5.13. The van der Waals surface area contributed by atoms with Crippen molar-refractivity contribution in [3.63, 3.8) is 0 Å². The minimum absolute atomic E-state index is 0.145. The number of rotatable bonds is 2. The first-order valence-electron chi connectivity index (χ1n) is 5.97. The predicted molar refractivity (Wildman–Crippen MR) is 65.0 cm³/mol. The Labute approximate surface area is 96.8 Å². The molecule has 2 atom stereocenters. The Hall–Kier alpha value is -1.31. The Morgan fingerprint density at radius 3 is 2.69 bits per heavy atom. The van der Waals surface area contributed by atoms with Crippen molar-refractivity contribution < 1.29 is 4.79 Å². The lowest BCUT2D eigenvalue weighted by atomic mass is 9.68. The highest BCUT2D eigenvalue weighted by molar-refractivity contribution is 5.80. The number of primary amides is 1. The molecule has 2 unspecified atom stereocenters. The molecule has 1 aromatic carbocycles. The van der Waals surface area contributed by atoms with E-state index in [1.807, 2.05) is 13.0 Å². The van der Waals surface area contributed by atoms with Crippen LogP contribution in [0, 0.1) is 5.41 Å². The van der Waals surface area contributed by atoms with Gasteiger partial charge in [-0.25, -0.2) is 0 Å². The summed E-state index contributed by atoms with van der Waals surface area (Å²) < 4.78 is 0. The number of hydrogen-bond acceptors (Lipinski definition) is 1. The van der Waals surface area contributed by atoms with Crippen molar-refractivity contribution in [2.24, 2.45) is 11.1 Å². The SMILES string of the molecule is CC1(C(N)=O)CCCC(c2ccccc2)C1. The van der Waals surface area contributed by atoms with E-state index in [0.717, 1.165) is 19.3 Å². The number of amides is 1. The predicted octanol–water partition coefficient (Wildman–Crippen LogP) is 2.84. The largest absolute Gasteiger partial charge is 0.369 e. The molecule has 2 N–H and O–H groups in total. The number of nitrogens with two attached hydrogens (primary N) is 1. The Morgan fingerprint density at radius 2 is 2.06 bits per heavy atom. The van der Waals surface area contributed by atoms with Crippen LogP contribution < -0.4 is 5.73 Å². The lowest BCUT2D eigenvalue weighted by molar-refractivity contribution is -0.128. The number of hydrogen-bond donors (Lipinski definition) is 1. The van der Waals surface area contributed by atoms with E-state index < -0.39 is 0 Å². The third kappa shape index (κ3) is 2.11. The molecule has 1 amide bonds. The summed E-state index contributed by atoms with van der Waals surface area (Å²) in [7, 11) is 0. The quantitative estimate of drug-likeness (QED) is 0.813. The van der Waals surface area contributed by atoms with E-state index in [-0.39, 0.29) is 11.3 Å². The zero-order chi connectivity index (χ0) is 11.6. The average molecular weight is 217 g/mol. The van der Waals surface area contributed by atoms with E-state index in [0.29, 0.717) is 5.92 Å². The van der Waals surface area contributed by atoms with Crippen molar-refractivity contribution in [2.75, 3.05) is 0 Å². The molecule has 1 aliphatic carbocycles. The molecule has 0 saturated heterocycles. The van der Waals surface area contributed by atoms with Crippen LogP contribution >= 0.6 is 0 Å². The smallest absolute Gasteiger partial charge is 0.223 e. The Kier molecular flexibility index (Phi) is 2.99. The molecule has 16 heavy (non-hydrogen) atoms. The maximum atomic E-state index is 11.5. The monoisotopic (exact) mass is 217 g/mol. The van der Waals surface area contributed by atoms with Crippen molar-refractivity contribution in [3.8, 4) is 0 Å². The van der Waals surface area contributed by atoms with E-state index in [9.17, 15) is 4.79 Å². The van der Waals surface area contributed by atoms with Crippen LogP contribution in [0.3, 0.4) is 0 Å². The Bertz CT molecular complexity index is 374. The van der Waals surface area contributed by atoms with Crippen LogP contribution in [0.1, 0.15) is 44.1 Å². The van der Waals surface area contributed by atoms with Crippen LogP contribution in [-0.2, 0) is 4.79 Å². The standard InChI is InChI=1S/C14H19NO/c1-14(13(15)16)9-5-8-12(10-14)11-6-3-2-4-7-11/h2-4,6-7,12H,5,8-10H2,1H3,(H2,15,16). The average Bonchev–Trinajstić information content (AvgIpc) is 2.30. The highest BCUT2D eigenvalue weighted by Gasteiger charge is 2.37. The normalized spacial score (nSPS) is 29.9. The third-order valence-electron chi connectivity index (χ3n) is 3.84. The van der Waals surface area contributed by atoms with Gasteiger partial charge in [0.15, 0.2) is 0 Å². The molecule has 1 aliphatic rings. The first-order valence-corrected chi connectivity index (χ1v) is 5.97. The molecule has 2 heteroatoms. The van der Waals surface area contributed by atoms with E-state index >= 15 is 0 Å². The molecular formula is C14H19NO. The zero-order valence-corrected chi connectivity index (χ0v) is 9.78. The molecule has 2 nitrogen and oxygen atoms in total. The summed E-state index contributed by atoms with van der Waals surface area (Å²) in [4.78, 5) is 11.5. The highest BCUT2D eigenvalue weighted by atomic mass is 16.1. The lowest BCUT2D eigenvalue weighted by Crippen LogP contribution is -2.38. The van der Waals surface area contributed by atoms with Crippen LogP contribution in [-0.4, -0.2) is 5.91 Å². The molecule has 0 bridgehead atoms. The van der Waals surface area contributed by atoms with Gasteiger partial charge >= 0.3 is 0 Å². The van der Waals surface area contributed by atoms with Crippen molar-refractivity contribution in [1.82, 2.24) is 0 Å². The topological polar surface area (TPSA) is 43.1 Å². The second kappa shape index (κ2) is 4.28. The maximum absolute atomic E-state index is 11.5. The van der Waals surface area contributed by atoms with Crippen LogP contribution in [0.25, 0.3) is 0 Å². The van der Waals surface area contributed by atoms with Crippen molar-refractivity contribution in [3.05, 3.63) is 35.9 Å². The van der Waals surface area contributed by atoms with Gasteiger partial charge in [-0.05, 0) is 30.7 Å². The fourth-order valence-corrected chi connectivity index (χ4v) is 2.72. The number of benzene rings is 1. The fourth-order valence-electron chi connectivity index (χ4n) is 2.72. The Balaban J connectivity index is 2.17. The van der Waals surface area contributed by atoms with Crippen molar-refractivity contribution in [2.45, 2.75) is 38.5 Å². The first-order chi connectivity index (χ1) is 7.62. The van der Waals surface area contributed by atoms with Crippen LogP contribution in [0.5, 0.6) is 0 Å². The highest BCUT2D eigenvalue weighted by Crippen LogP contribution is 2.43. The summed E-state index contributed by atoms with van der Waals surface area (Å²) in [5.74, 6) is 0.348. The van der Waals surface area contributed by atoms with Crippen LogP contribution in [0.15, 0.2) is 30.3 Å². The molecule has 2 rings (SSSR count). The fraction of sp³-hybridized carbons (Fsp3) is 0.500. The van der Waals surface area contributed by atoms with Gasteiger partial charge < -0.3 is 5.73 Å². The second-order valence-corrected chi connectivity index (χ2v) is 5.13. The van der Waals surface area contributed by atoms with Gasteiger partial charge in [0.1, 0.15) is 0 Å². The van der Waals surface area contributed by atoms with Gasteiger partial charge in [0.05, 0.1) is 0 Å². The molecule has 0 aromatic heterocycles. The minimum atomic E-state index is -0.307. The number of carbonyl (C=O) groups is 1. The van der Waals surface area contributed by atoms with Gasteiger partial charge in [-0.15, -0.1) is 0 Å². The zero-order valence-electron chi connectivity index (χ0n) is 9.78. The molecule has 0 spiro atoms. The number of carbonyl (C=O) groups excluding carboxylic acids is 1. The van der Waals surface area contributed by atoms with E-state index in [1.54, 1.807) is 0 Å². The summed E-state index contributed by atoms with van der Waals surface area (Å²) in [6, 6.07) is 10.4. The summed E-state index contributed by atoms with van der Waals surface area (Å²) in [5, 5.41) is 0. The minimum Gasteiger partial charge on any atom is -0.369 e. The third-order valence-corrected chi connectivity index (χ3v) is 3.84. The van der Waals surface area contributed by atoms with Gasteiger partial charge in [0.25, 0.3) is 0 Å². The molecule has 1 saturated carbocycles. The summed E-state index contributed by atoms with van der Waals surface area (Å²) in [5.41, 5.74) is 6.54. The Morgan fingerprint density at radius 1 is 1.38 bits per heavy atom. The maximum Gasteiger partial charge on any atom is 0.223 e. The van der Waals surface area contributed by atoms with Gasteiger partial charge in [-0.2, -0.15) is 0 Å². The van der Waals surface area contributed by atoms with E-state index in [4.69, 9.17) is 5.73 Å². The van der Waals surface area contributed by atoms with Crippen LogP contribution in [0.2, 0.25) is 0 Å². The molecular weight excluding hydrogens is 198 g/mol. The van der Waals surface area contributed by atoms with E-state index in [2.05, 4.69) is 24.3 Å². The first kappa shape index (κ1) is 11.2. The van der Waals surface area contributed by atoms with E-state index in [1.165, 1.54) is 12.0 Å². The summed E-state index contributed by atoms with van der Waals surface area (Å²) in [6.45, 7) is 2.00. The van der Waals surface area contributed by atoms with Crippen molar-refractivity contribution >= 4 is 5.91 Å². The molecule has 0 heterocycles. The van der Waals surface area contributed by atoms with Gasteiger partial charge in [-0.3, -0.25) is 4.79 Å². The molecule has 1 fully saturated rings.